The van der Waals surface area contributed by atoms with E-state index in [1.165, 1.54) is 34.5 Å². The first kappa shape index (κ1) is 21.3. The number of nitrogens with zero attached hydrogens (tertiary/aromatic N) is 4. The normalized spacial score (nSPS) is 23.0. The third-order valence-electron chi connectivity index (χ3n) is 6.39. The van der Waals surface area contributed by atoms with Gasteiger partial charge in [0.2, 0.25) is 0 Å². The molecule has 0 N–H and O–H groups in total. The molecule has 0 bridgehead atoms. The van der Waals surface area contributed by atoms with E-state index >= 15 is 0 Å². The number of unbranched alkanes of at least 4 members (excludes halogenated alkanes) is 1. The topological polar surface area (TPSA) is 41.5 Å². The molecule has 0 aliphatic carbocycles. The molecule has 1 atom stereocenters. The van der Waals surface area contributed by atoms with Crippen LogP contribution in [0.25, 0.3) is 10.2 Å². The second kappa shape index (κ2) is 9.08. The summed E-state index contributed by atoms with van der Waals surface area (Å²) in [5.41, 5.74) is 1.37. The lowest BCUT2D eigenvalue weighted by Gasteiger charge is -2.36. The van der Waals surface area contributed by atoms with Crippen LogP contribution >= 0.6 is 23.1 Å². The van der Waals surface area contributed by atoms with Gasteiger partial charge in [0, 0.05) is 43.2 Å². The van der Waals surface area contributed by atoms with Gasteiger partial charge in [-0.05, 0) is 31.9 Å². The Bertz CT molecular complexity index is 847. The fourth-order valence-corrected chi connectivity index (χ4v) is 6.22. The predicted molar refractivity (Wildman–Crippen MR) is 125 cm³/mol. The van der Waals surface area contributed by atoms with Gasteiger partial charge < -0.3 is 14.5 Å². The first-order chi connectivity index (χ1) is 14.1. The number of aromatic nitrogens is 2. The van der Waals surface area contributed by atoms with Gasteiger partial charge in [0.15, 0.2) is 5.16 Å². The first-order valence-corrected chi connectivity index (χ1v) is 12.9. The lowest BCUT2D eigenvalue weighted by molar-refractivity contribution is -0.0543. The van der Waals surface area contributed by atoms with Crippen molar-refractivity contribution in [3.05, 3.63) is 10.4 Å². The van der Waals surface area contributed by atoms with Crippen LogP contribution in [0.1, 0.15) is 57.4 Å². The predicted octanol–water partition coefficient (Wildman–Crippen LogP) is 4.97. The van der Waals surface area contributed by atoms with E-state index < -0.39 is 0 Å². The van der Waals surface area contributed by atoms with Crippen molar-refractivity contribution in [2.24, 2.45) is 0 Å². The highest BCUT2D eigenvalue weighted by molar-refractivity contribution is 7.99. The third-order valence-corrected chi connectivity index (χ3v) is 8.43. The zero-order valence-electron chi connectivity index (χ0n) is 18.3. The van der Waals surface area contributed by atoms with Crippen LogP contribution in [-0.2, 0) is 17.8 Å². The maximum absolute atomic E-state index is 6.23. The number of ether oxygens (including phenoxy) is 1. The molecule has 160 valence electrons. The van der Waals surface area contributed by atoms with Crippen molar-refractivity contribution in [3.8, 4) is 0 Å². The van der Waals surface area contributed by atoms with Crippen LogP contribution in [-0.4, -0.2) is 58.9 Å². The Morgan fingerprint density at radius 3 is 2.62 bits per heavy atom. The van der Waals surface area contributed by atoms with Crippen LogP contribution in [0.4, 0.5) is 5.82 Å². The smallest absolute Gasteiger partial charge is 0.190 e. The number of fused-ring (bicyclic) bond motifs is 3. The van der Waals surface area contributed by atoms with Gasteiger partial charge in [-0.15, -0.1) is 11.3 Å². The molecule has 4 heterocycles. The Balaban J connectivity index is 1.74. The minimum Gasteiger partial charge on any atom is -0.369 e. The van der Waals surface area contributed by atoms with E-state index in [4.69, 9.17) is 14.7 Å². The summed E-state index contributed by atoms with van der Waals surface area (Å²) < 4.78 is 6.23. The molecule has 0 unspecified atom stereocenters. The largest absolute Gasteiger partial charge is 0.369 e. The maximum atomic E-state index is 6.23. The molecule has 29 heavy (non-hydrogen) atoms. The molecule has 4 rings (SSSR count). The monoisotopic (exact) mass is 434 g/mol. The highest BCUT2D eigenvalue weighted by Crippen LogP contribution is 2.43. The van der Waals surface area contributed by atoms with Gasteiger partial charge in [0.25, 0.3) is 0 Å². The van der Waals surface area contributed by atoms with Crippen molar-refractivity contribution in [2.75, 3.05) is 43.4 Å². The maximum Gasteiger partial charge on any atom is 0.190 e. The molecule has 5 nitrogen and oxygen atoms in total. The summed E-state index contributed by atoms with van der Waals surface area (Å²) in [6.07, 6.45) is 4.41. The van der Waals surface area contributed by atoms with Crippen molar-refractivity contribution in [2.45, 2.75) is 70.7 Å². The first-order valence-electron chi connectivity index (χ1n) is 11.1. The van der Waals surface area contributed by atoms with Gasteiger partial charge in [-0.3, -0.25) is 0 Å². The number of piperazine rings is 1. The zero-order chi connectivity index (χ0) is 20.4. The summed E-state index contributed by atoms with van der Waals surface area (Å²) in [7, 11) is 0. The molecule has 1 saturated heterocycles. The lowest BCUT2D eigenvalue weighted by Crippen LogP contribution is -2.46. The van der Waals surface area contributed by atoms with Crippen molar-refractivity contribution in [1.29, 1.82) is 0 Å². The van der Waals surface area contributed by atoms with E-state index in [1.54, 1.807) is 0 Å². The molecule has 0 aromatic carbocycles. The van der Waals surface area contributed by atoms with Crippen molar-refractivity contribution < 1.29 is 4.74 Å². The molecular formula is C22H34N4OS2. The molecule has 2 aliphatic heterocycles. The van der Waals surface area contributed by atoms with Crippen LogP contribution in [0.15, 0.2) is 5.16 Å². The zero-order valence-corrected chi connectivity index (χ0v) is 19.9. The average molecular weight is 435 g/mol. The molecular weight excluding hydrogens is 400 g/mol. The number of hydrogen-bond donors (Lipinski definition) is 0. The third kappa shape index (κ3) is 4.43. The lowest BCUT2D eigenvalue weighted by atomic mass is 9.90. The summed E-state index contributed by atoms with van der Waals surface area (Å²) in [5, 5.41) is 2.24. The van der Waals surface area contributed by atoms with E-state index in [1.807, 2.05) is 23.1 Å². The summed E-state index contributed by atoms with van der Waals surface area (Å²) in [6, 6.07) is 0. The number of likely N-dealkylation sites (N-methyl/N-ethyl adjacent to an activating group) is 1. The SMILES string of the molecule is CCCCSc1nc(N2CCN(CC)CC2)c2c3c(sc2n1)CO[C@@](C)(CC)C3. The minimum atomic E-state index is -0.0757. The van der Waals surface area contributed by atoms with Gasteiger partial charge in [0.1, 0.15) is 10.6 Å². The molecule has 2 aliphatic rings. The van der Waals surface area contributed by atoms with Gasteiger partial charge >= 0.3 is 0 Å². The molecule has 0 radical (unpaired) electrons. The molecule has 0 saturated carbocycles. The molecule has 0 amide bonds. The van der Waals surface area contributed by atoms with Crippen LogP contribution < -0.4 is 4.90 Å². The standard InChI is InChI=1S/C22H34N4OS2/c1-5-8-13-28-21-23-19(26-11-9-25(7-3)10-12-26)18-16-14-22(4,6-2)27-15-17(16)29-20(18)24-21/h5-15H2,1-4H3/t22-/m0/s1. The molecule has 1 fully saturated rings. The van der Waals surface area contributed by atoms with E-state index in [0.29, 0.717) is 6.61 Å². The Labute approximate surface area is 183 Å². The Kier molecular flexibility index (Phi) is 6.69. The van der Waals surface area contributed by atoms with E-state index in [2.05, 4.69) is 37.5 Å². The Morgan fingerprint density at radius 1 is 1.14 bits per heavy atom. The van der Waals surface area contributed by atoms with E-state index in [-0.39, 0.29) is 5.60 Å². The minimum absolute atomic E-state index is 0.0757. The number of rotatable bonds is 7. The van der Waals surface area contributed by atoms with Crippen LogP contribution in [0.5, 0.6) is 0 Å². The van der Waals surface area contributed by atoms with Crippen molar-refractivity contribution in [3.63, 3.8) is 0 Å². The van der Waals surface area contributed by atoms with E-state index in [0.717, 1.165) is 61.3 Å². The highest BCUT2D eigenvalue weighted by Gasteiger charge is 2.34. The highest BCUT2D eigenvalue weighted by atomic mass is 32.2. The number of thiophene rings is 1. The molecule has 2 aromatic heterocycles. The quantitative estimate of drug-likeness (QED) is 0.348. The molecule has 2 aromatic rings. The van der Waals surface area contributed by atoms with Crippen LogP contribution in [0.2, 0.25) is 0 Å². The fourth-order valence-electron chi connectivity index (χ4n) is 4.14. The van der Waals surface area contributed by atoms with Gasteiger partial charge in [0.05, 0.1) is 17.6 Å². The van der Waals surface area contributed by atoms with Crippen molar-refractivity contribution in [1.82, 2.24) is 14.9 Å². The summed E-state index contributed by atoms with van der Waals surface area (Å²) >= 11 is 3.63. The van der Waals surface area contributed by atoms with Crippen LogP contribution in [0.3, 0.4) is 0 Å². The van der Waals surface area contributed by atoms with Crippen molar-refractivity contribution >= 4 is 39.1 Å². The second-order valence-corrected chi connectivity index (χ2v) is 10.6. The Morgan fingerprint density at radius 2 is 1.93 bits per heavy atom. The summed E-state index contributed by atoms with van der Waals surface area (Å²) in [4.78, 5) is 17.7. The summed E-state index contributed by atoms with van der Waals surface area (Å²) in [5.74, 6) is 2.26. The number of anilines is 1. The van der Waals surface area contributed by atoms with Gasteiger partial charge in [-0.25, -0.2) is 9.97 Å². The van der Waals surface area contributed by atoms with E-state index in [9.17, 15) is 0 Å². The number of hydrogen-bond acceptors (Lipinski definition) is 7. The number of thioether (sulfide) groups is 1. The summed E-state index contributed by atoms with van der Waals surface area (Å²) in [6.45, 7) is 15.1. The second-order valence-electron chi connectivity index (χ2n) is 8.41. The average Bonchev–Trinajstić information content (AvgIpc) is 3.11. The Hall–Kier alpha value is -0.890. The molecule has 0 spiro atoms. The molecule has 7 heteroatoms. The van der Waals surface area contributed by atoms with Crippen LogP contribution in [0, 0.1) is 0 Å². The fraction of sp³-hybridized carbons (Fsp3) is 0.727. The van der Waals surface area contributed by atoms with Gasteiger partial charge in [-0.2, -0.15) is 0 Å². The van der Waals surface area contributed by atoms with Gasteiger partial charge in [-0.1, -0.05) is 39.0 Å².